The molecule has 0 aliphatic rings. The SMILES string of the molecule is CCc1nnc(C)cc1C(=O)Nc1cccc(CNC)c1.Cl. The highest BCUT2D eigenvalue weighted by Crippen LogP contribution is 2.14. The maximum Gasteiger partial charge on any atom is 0.257 e. The molecule has 1 aromatic heterocycles. The molecule has 0 saturated carbocycles. The van der Waals surface area contributed by atoms with Crippen molar-refractivity contribution in [2.24, 2.45) is 0 Å². The van der Waals surface area contributed by atoms with Gasteiger partial charge < -0.3 is 10.6 Å². The lowest BCUT2D eigenvalue weighted by atomic mass is 10.1. The third-order valence-electron chi connectivity index (χ3n) is 3.14. The van der Waals surface area contributed by atoms with Crippen molar-refractivity contribution in [3.8, 4) is 0 Å². The van der Waals surface area contributed by atoms with Gasteiger partial charge in [0.05, 0.1) is 17.0 Å². The number of amides is 1. The van der Waals surface area contributed by atoms with E-state index in [1.54, 1.807) is 6.07 Å². The molecule has 0 radical (unpaired) electrons. The Hall–Kier alpha value is -1.98. The first-order valence-corrected chi connectivity index (χ1v) is 7.02. The van der Waals surface area contributed by atoms with Crippen molar-refractivity contribution in [3.05, 3.63) is 52.8 Å². The van der Waals surface area contributed by atoms with Gasteiger partial charge in [-0.1, -0.05) is 19.1 Å². The fourth-order valence-corrected chi connectivity index (χ4v) is 2.13. The van der Waals surface area contributed by atoms with E-state index in [1.807, 2.05) is 45.2 Å². The Kier molecular flexibility index (Phi) is 6.95. The number of rotatable bonds is 5. The van der Waals surface area contributed by atoms with E-state index in [-0.39, 0.29) is 18.3 Å². The summed E-state index contributed by atoms with van der Waals surface area (Å²) in [5, 5.41) is 14.1. The van der Waals surface area contributed by atoms with Crippen molar-refractivity contribution in [2.75, 3.05) is 12.4 Å². The number of aryl methyl sites for hydroxylation is 2. The Balaban J connectivity index is 0.00000242. The van der Waals surface area contributed by atoms with Gasteiger partial charge in [-0.05, 0) is 44.2 Å². The molecule has 0 aliphatic heterocycles. The Morgan fingerprint density at radius 3 is 2.68 bits per heavy atom. The van der Waals surface area contributed by atoms with Crippen LogP contribution in [0.5, 0.6) is 0 Å². The molecule has 2 N–H and O–H groups in total. The fraction of sp³-hybridized carbons (Fsp3) is 0.312. The van der Waals surface area contributed by atoms with Crippen molar-refractivity contribution in [3.63, 3.8) is 0 Å². The number of hydrogen-bond donors (Lipinski definition) is 2. The second-order valence-corrected chi connectivity index (χ2v) is 4.88. The summed E-state index contributed by atoms with van der Waals surface area (Å²) in [6, 6.07) is 9.56. The molecule has 0 aliphatic carbocycles. The summed E-state index contributed by atoms with van der Waals surface area (Å²) in [7, 11) is 1.89. The van der Waals surface area contributed by atoms with Crippen molar-refractivity contribution in [1.29, 1.82) is 0 Å². The van der Waals surface area contributed by atoms with E-state index in [4.69, 9.17) is 0 Å². The maximum atomic E-state index is 12.4. The van der Waals surface area contributed by atoms with E-state index in [0.717, 1.165) is 23.5 Å². The first-order chi connectivity index (χ1) is 10.1. The predicted molar refractivity (Wildman–Crippen MR) is 90.6 cm³/mol. The van der Waals surface area contributed by atoms with Crippen LogP contribution in [0.25, 0.3) is 0 Å². The Morgan fingerprint density at radius 1 is 1.23 bits per heavy atom. The lowest BCUT2D eigenvalue weighted by molar-refractivity contribution is 0.102. The van der Waals surface area contributed by atoms with Crippen molar-refractivity contribution < 1.29 is 4.79 Å². The maximum absolute atomic E-state index is 12.4. The number of hydrogen-bond acceptors (Lipinski definition) is 4. The first-order valence-electron chi connectivity index (χ1n) is 7.02. The van der Waals surface area contributed by atoms with Gasteiger partial charge in [0.2, 0.25) is 0 Å². The summed E-state index contributed by atoms with van der Waals surface area (Å²) in [6.45, 7) is 4.56. The molecule has 0 spiro atoms. The van der Waals surface area contributed by atoms with Gasteiger partial charge in [-0.3, -0.25) is 4.79 Å². The van der Waals surface area contributed by atoms with Crippen LogP contribution in [0, 0.1) is 6.92 Å². The fourth-order valence-electron chi connectivity index (χ4n) is 2.13. The minimum absolute atomic E-state index is 0. The van der Waals surface area contributed by atoms with Gasteiger partial charge in [-0.15, -0.1) is 12.4 Å². The quantitative estimate of drug-likeness (QED) is 0.889. The van der Waals surface area contributed by atoms with Gasteiger partial charge in [0.25, 0.3) is 5.91 Å². The van der Waals surface area contributed by atoms with Crippen molar-refractivity contribution >= 4 is 24.0 Å². The van der Waals surface area contributed by atoms with E-state index in [2.05, 4.69) is 20.8 Å². The van der Waals surface area contributed by atoms with Gasteiger partial charge in [-0.25, -0.2) is 0 Å². The second kappa shape index (κ2) is 8.46. The molecule has 2 rings (SSSR count). The number of nitrogens with zero attached hydrogens (tertiary/aromatic N) is 2. The van der Waals surface area contributed by atoms with Crippen LogP contribution in [-0.2, 0) is 13.0 Å². The third kappa shape index (κ3) is 4.51. The third-order valence-corrected chi connectivity index (χ3v) is 3.14. The second-order valence-electron chi connectivity index (χ2n) is 4.88. The molecule has 22 heavy (non-hydrogen) atoms. The number of nitrogens with one attached hydrogen (secondary N) is 2. The van der Waals surface area contributed by atoms with Gasteiger partial charge in [0.1, 0.15) is 0 Å². The van der Waals surface area contributed by atoms with E-state index in [9.17, 15) is 4.79 Å². The molecule has 1 heterocycles. The Morgan fingerprint density at radius 2 is 2.00 bits per heavy atom. The van der Waals surface area contributed by atoms with E-state index >= 15 is 0 Å². The smallest absolute Gasteiger partial charge is 0.257 e. The van der Waals surface area contributed by atoms with Gasteiger partial charge >= 0.3 is 0 Å². The largest absolute Gasteiger partial charge is 0.322 e. The van der Waals surface area contributed by atoms with E-state index < -0.39 is 0 Å². The van der Waals surface area contributed by atoms with Crippen molar-refractivity contribution in [2.45, 2.75) is 26.8 Å². The highest BCUT2D eigenvalue weighted by atomic mass is 35.5. The molecule has 0 unspecified atom stereocenters. The minimum atomic E-state index is -0.147. The van der Waals surface area contributed by atoms with Crippen LogP contribution >= 0.6 is 12.4 Å². The number of halogens is 1. The molecule has 6 heteroatoms. The normalized spacial score (nSPS) is 9.95. The molecule has 1 amide bonds. The highest BCUT2D eigenvalue weighted by molar-refractivity contribution is 6.05. The summed E-state index contributed by atoms with van der Waals surface area (Å²) in [5.41, 5.74) is 3.94. The zero-order valence-electron chi connectivity index (χ0n) is 13.0. The van der Waals surface area contributed by atoms with Gasteiger partial charge in [0, 0.05) is 12.2 Å². The molecule has 2 aromatic rings. The first kappa shape index (κ1) is 18.1. The standard InChI is InChI=1S/C16H20N4O.ClH/c1-4-15-14(8-11(2)19-20-15)16(21)18-13-7-5-6-12(9-13)10-17-3;/h5-9,17H,4,10H2,1-3H3,(H,18,21);1H. The number of carbonyl (C=O) groups excluding carboxylic acids is 1. The topological polar surface area (TPSA) is 66.9 Å². The van der Waals surface area contributed by atoms with Crippen LogP contribution in [0.2, 0.25) is 0 Å². The summed E-state index contributed by atoms with van der Waals surface area (Å²) < 4.78 is 0. The summed E-state index contributed by atoms with van der Waals surface area (Å²) in [5.74, 6) is -0.147. The summed E-state index contributed by atoms with van der Waals surface area (Å²) >= 11 is 0. The molecular formula is C16H21ClN4O. The molecular weight excluding hydrogens is 300 g/mol. The lowest BCUT2D eigenvalue weighted by Crippen LogP contribution is -2.16. The van der Waals surface area contributed by atoms with Gasteiger partial charge in [0.15, 0.2) is 0 Å². The number of carbonyl (C=O) groups is 1. The molecule has 0 saturated heterocycles. The minimum Gasteiger partial charge on any atom is -0.322 e. The van der Waals surface area contributed by atoms with Crippen LogP contribution in [0.4, 0.5) is 5.69 Å². The average Bonchev–Trinajstić information content (AvgIpc) is 2.48. The van der Waals surface area contributed by atoms with Crippen LogP contribution in [0.1, 0.15) is 34.2 Å². The summed E-state index contributed by atoms with van der Waals surface area (Å²) in [4.78, 5) is 12.4. The van der Waals surface area contributed by atoms with Crippen LogP contribution < -0.4 is 10.6 Å². The zero-order chi connectivity index (χ0) is 15.2. The summed E-state index contributed by atoms with van der Waals surface area (Å²) in [6.07, 6.45) is 0.676. The Labute approximate surface area is 137 Å². The number of aromatic nitrogens is 2. The lowest BCUT2D eigenvalue weighted by Gasteiger charge is -2.10. The molecule has 5 nitrogen and oxygen atoms in total. The molecule has 0 bridgehead atoms. The van der Waals surface area contributed by atoms with Gasteiger partial charge in [-0.2, -0.15) is 10.2 Å². The van der Waals surface area contributed by atoms with E-state index in [0.29, 0.717) is 17.7 Å². The van der Waals surface area contributed by atoms with Crippen molar-refractivity contribution in [1.82, 2.24) is 15.5 Å². The van der Waals surface area contributed by atoms with Crippen LogP contribution in [0.15, 0.2) is 30.3 Å². The molecule has 0 atom stereocenters. The average molecular weight is 321 g/mol. The van der Waals surface area contributed by atoms with E-state index in [1.165, 1.54) is 0 Å². The zero-order valence-corrected chi connectivity index (χ0v) is 13.8. The number of anilines is 1. The molecule has 1 aromatic carbocycles. The molecule has 118 valence electrons. The predicted octanol–water partition coefficient (Wildman–Crippen LogP) is 2.74. The Bertz CT molecular complexity index is 646. The highest BCUT2D eigenvalue weighted by Gasteiger charge is 2.13. The number of benzene rings is 1. The monoisotopic (exact) mass is 320 g/mol. The van der Waals surface area contributed by atoms with Crippen LogP contribution in [-0.4, -0.2) is 23.2 Å². The van der Waals surface area contributed by atoms with Crippen LogP contribution in [0.3, 0.4) is 0 Å². The molecule has 0 fully saturated rings.